The van der Waals surface area contributed by atoms with E-state index in [-0.39, 0.29) is 18.0 Å². The lowest BCUT2D eigenvalue weighted by atomic mass is 9.90. The van der Waals surface area contributed by atoms with E-state index in [1.54, 1.807) is 0 Å². The summed E-state index contributed by atoms with van der Waals surface area (Å²) in [6.45, 7) is 1.96. The molecular formula is C8H16ClNO. The third-order valence-corrected chi connectivity index (χ3v) is 2.71. The maximum Gasteiger partial charge on any atom is 0.0649 e. The molecule has 2 nitrogen and oxygen atoms in total. The van der Waals surface area contributed by atoms with Crippen LogP contribution in [-0.4, -0.2) is 22.8 Å². The van der Waals surface area contributed by atoms with Crippen LogP contribution in [0.4, 0.5) is 0 Å². The number of halogens is 1. The van der Waals surface area contributed by atoms with E-state index in [1.807, 2.05) is 6.92 Å². The van der Waals surface area contributed by atoms with Crippen molar-refractivity contribution in [1.82, 2.24) is 5.32 Å². The molecule has 0 aromatic rings. The van der Waals surface area contributed by atoms with Crippen molar-refractivity contribution >= 4 is 12.4 Å². The van der Waals surface area contributed by atoms with Crippen LogP contribution < -0.4 is 5.32 Å². The minimum Gasteiger partial charge on any atom is -0.390 e. The summed E-state index contributed by atoms with van der Waals surface area (Å²) in [5, 5.41) is 13.2. The molecule has 2 saturated heterocycles. The highest BCUT2D eigenvalue weighted by Gasteiger charge is 2.38. The van der Waals surface area contributed by atoms with Crippen LogP contribution in [0.5, 0.6) is 0 Å². The molecule has 1 unspecified atom stereocenters. The largest absolute Gasteiger partial charge is 0.390 e. The van der Waals surface area contributed by atoms with Crippen LogP contribution in [0.15, 0.2) is 0 Å². The summed E-state index contributed by atoms with van der Waals surface area (Å²) in [5.74, 6) is 0. The van der Waals surface area contributed by atoms with Gasteiger partial charge in [0.05, 0.1) is 5.60 Å². The molecule has 66 valence electrons. The Morgan fingerprint density at radius 2 is 1.73 bits per heavy atom. The standard InChI is InChI=1S/C8H15NO.ClH/c1-8(10)4-6-2-3-7(5-8)9-6;/h6-7,9-10H,2-5H2,1H3;1H/t6-,7+,8?;. The van der Waals surface area contributed by atoms with Gasteiger partial charge in [-0.15, -0.1) is 12.4 Å². The molecule has 2 heterocycles. The highest BCUT2D eigenvalue weighted by Crippen LogP contribution is 2.33. The normalized spacial score (nSPS) is 48.5. The molecule has 2 bridgehead atoms. The van der Waals surface area contributed by atoms with Gasteiger partial charge in [-0.3, -0.25) is 0 Å². The van der Waals surface area contributed by atoms with Crippen LogP contribution in [0.3, 0.4) is 0 Å². The fourth-order valence-corrected chi connectivity index (χ4v) is 2.37. The van der Waals surface area contributed by atoms with Crippen molar-refractivity contribution < 1.29 is 5.11 Å². The molecule has 0 saturated carbocycles. The Hall–Kier alpha value is 0.210. The van der Waals surface area contributed by atoms with E-state index in [2.05, 4.69) is 5.32 Å². The second-order valence-electron chi connectivity index (χ2n) is 4.04. The monoisotopic (exact) mass is 177 g/mol. The quantitative estimate of drug-likeness (QED) is 0.581. The second-order valence-corrected chi connectivity index (χ2v) is 4.04. The van der Waals surface area contributed by atoms with Crippen LogP contribution in [-0.2, 0) is 0 Å². The van der Waals surface area contributed by atoms with Gasteiger partial charge < -0.3 is 10.4 Å². The Balaban J connectivity index is 0.000000605. The van der Waals surface area contributed by atoms with Crippen molar-refractivity contribution in [3.05, 3.63) is 0 Å². The first-order valence-corrected chi connectivity index (χ1v) is 4.14. The van der Waals surface area contributed by atoms with E-state index >= 15 is 0 Å². The molecule has 2 aliphatic rings. The lowest BCUT2D eigenvalue weighted by Crippen LogP contribution is -2.46. The summed E-state index contributed by atoms with van der Waals surface area (Å²) in [5.41, 5.74) is -0.378. The third kappa shape index (κ3) is 1.86. The van der Waals surface area contributed by atoms with Crippen molar-refractivity contribution in [2.45, 2.75) is 50.3 Å². The first kappa shape index (κ1) is 9.30. The van der Waals surface area contributed by atoms with E-state index < -0.39 is 0 Å². The molecule has 2 rings (SSSR count). The van der Waals surface area contributed by atoms with Crippen LogP contribution >= 0.6 is 12.4 Å². The number of nitrogens with one attached hydrogen (secondary N) is 1. The zero-order chi connectivity index (χ0) is 7.19. The molecule has 2 N–H and O–H groups in total. The van der Waals surface area contributed by atoms with E-state index in [1.165, 1.54) is 12.8 Å². The zero-order valence-corrected chi connectivity index (χ0v) is 7.66. The second kappa shape index (κ2) is 2.92. The van der Waals surface area contributed by atoms with Crippen LogP contribution in [0, 0.1) is 0 Å². The molecule has 3 atom stereocenters. The van der Waals surface area contributed by atoms with Crippen LogP contribution in [0.1, 0.15) is 32.6 Å². The molecule has 2 fully saturated rings. The number of fused-ring (bicyclic) bond motifs is 2. The number of aliphatic hydroxyl groups is 1. The molecule has 0 radical (unpaired) electrons. The zero-order valence-electron chi connectivity index (χ0n) is 6.84. The maximum atomic E-state index is 9.72. The highest BCUT2D eigenvalue weighted by molar-refractivity contribution is 5.85. The lowest BCUT2D eigenvalue weighted by Gasteiger charge is -2.33. The van der Waals surface area contributed by atoms with Crippen molar-refractivity contribution in [3.8, 4) is 0 Å². The molecule has 11 heavy (non-hydrogen) atoms. The Kier molecular flexibility index (Phi) is 2.47. The van der Waals surface area contributed by atoms with Gasteiger partial charge in [-0.05, 0) is 32.6 Å². The van der Waals surface area contributed by atoms with Crippen molar-refractivity contribution in [2.75, 3.05) is 0 Å². The fraction of sp³-hybridized carbons (Fsp3) is 1.00. The Bertz CT molecular complexity index is 135. The summed E-state index contributed by atoms with van der Waals surface area (Å²) in [4.78, 5) is 0. The first-order valence-electron chi connectivity index (χ1n) is 4.14. The van der Waals surface area contributed by atoms with E-state index in [4.69, 9.17) is 0 Å². The van der Waals surface area contributed by atoms with Gasteiger partial charge in [0, 0.05) is 12.1 Å². The van der Waals surface area contributed by atoms with Gasteiger partial charge in [0.25, 0.3) is 0 Å². The SMILES string of the molecule is CC1(O)C[C@H]2CC[C@@H](C1)N2.Cl. The van der Waals surface area contributed by atoms with Crippen molar-refractivity contribution in [1.29, 1.82) is 0 Å². The van der Waals surface area contributed by atoms with Gasteiger partial charge >= 0.3 is 0 Å². The summed E-state index contributed by atoms with van der Waals surface area (Å²) < 4.78 is 0. The van der Waals surface area contributed by atoms with Crippen LogP contribution in [0.25, 0.3) is 0 Å². The molecule has 0 spiro atoms. The predicted molar refractivity (Wildman–Crippen MR) is 47.1 cm³/mol. The Morgan fingerprint density at radius 3 is 2.18 bits per heavy atom. The lowest BCUT2D eigenvalue weighted by molar-refractivity contribution is 0.0111. The molecule has 0 aromatic heterocycles. The van der Waals surface area contributed by atoms with Gasteiger partial charge in [-0.2, -0.15) is 0 Å². The number of hydrogen-bond acceptors (Lipinski definition) is 2. The van der Waals surface area contributed by atoms with Gasteiger partial charge in [0.15, 0.2) is 0 Å². The summed E-state index contributed by atoms with van der Waals surface area (Å²) in [7, 11) is 0. The summed E-state index contributed by atoms with van der Waals surface area (Å²) in [6.07, 6.45) is 4.43. The average Bonchev–Trinajstić information content (AvgIpc) is 2.08. The smallest absolute Gasteiger partial charge is 0.0649 e. The highest BCUT2D eigenvalue weighted by atomic mass is 35.5. The molecular weight excluding hydrogens is 162 g/mol. The Morgan fingerprint density at radius 1 is 1.27 bits per heavy atom. The van der Waals surface area contributed by atoms with Crippen molar-refractivity contribution in [2.24, 2.45) is 0 Å². The molecule has 0 aromatic carbocycles. The summed E-state index contributed by atoms with van der Waals surface area (Å²) in [6, 6.07) is 1.21. The maximum absolute atomic E-state index is 9.72. The number of rotatable bonds is 0. The fourth-order valence-electron chi connectivity index (χ4n) is 2.37. The third-order valence-electron chi connectivity index (χ3n) is 2.71. The number of hydrogen-bond donors (Lipinski definition) is 2. The molecule has 2 aliphatic heterocycles. The average molecular weight is 178 g/mol. The van der Waals surface area contributed by atoms with E-state index in [9.17, 15) is 5.11 Å². The predicted octanol–water partition coefficient (Wildman–Crippen LogP) is 1.07. The minimum atomic E-state index is -0.378. The van der Waals surface area contributed by atoms with Crippen molar-refractivity contribution in [3.63, 3.8) is 0 Å². The molecule has 0 amide bonds. The first-order chi connectivity index (χ1) is 4.66. The van der Waals surface area contributed by atoms with Crippen LogP contribution in [0.2, 0.25) is 0 Å². The van der Waals surface area contributed by atoms with E-state index in [0.717, 1.165) is 12.8 Å². The van der Waals surface area contributed by atoms with Gasteiger partial charge in [0.2, 0.25) is 0 Å². The number of piperidine rings is 1. The minimum absolute atomic E-state index is 0. The summed E-state index contributed by atoms with van der Waals surface area (Å²) >= 11 is 0. The van der Waals surface area contributed by atoms with E-state index in [0.29, 0.717) is 12.1 Å². The van der Waals surface area contributed by atoms with Gasteiger partial charge in [0.1, 0.15) is 0 Å². The molecule has 3 heteroatoms. The van der Waals surface area contributed by atoms with Gasteiger partial charge in [-0.25, -0.2) is 0 Å². The Labute approximate surface area is 73.8 Å². The topological polar surface area (TPSA) is 32.3 Å². The van der Waals surface area contributed by atoms with Gasteiger partial charge in [-0.1, -0.05) is 0 Å². The molecule has 0 aliphatic carbocycles.